The number of nitrogens with zero attached hydrogens (tertiary/aromatic N) is 6. The van der Waals surface area contributed by atoms with E-state index < -0.39 is 0 Å². The van der Waals surface area contributed by atoms with Gasteiger partial charge in [0.2, 0.25) is 5.91 Å². The normalized spacial score (nSPS) is 15.4. The Labute approximate surface area is 218 Å². The molecule has 1 fully saturated rings. The van der Waals surface area contributed by atoms with Crippen molar-refractivity contribution in [1.29, 1.82) is 0 Å². The van der Waals surface area contributed by atoms with Gasteiger partial charge >= 0.3 is 0 Å². The van der Waals surface area contributed by atoms with Crippen LogP contribution in [0.4, 0.5) is 17.2 Å². The summed E-state index contributed by atoms with van der Waals surface area (Å²) in [6.45, 7) is 7.69. The third-order valence-corrected chi connectivity index (χ3v) is 6.94. The number of rotatable bonds is 8. The molecule has 1 amide bonds. The molecule has 1 aliphatic rings. The van der Waals surface area contributed by atoms with Crippen molar-refractivity contribution >= 4 is 23.1 Å². The maximum absolute atomic E-state index is 13.1. The largest absolute Gasteiger partial charge is 0.372 e. The van der Waals surface area contributed by atoms with Crippen LogP contribution in [0.1, 0.15) is 26.7 Å². The first-order valence-electron chi connectivity index (χ1n) is 13.0. The Balaban J connectivity index is 1.23. The van der Waals surface area contributed by atoms with Gasteiger partial charge in [-0.1, -0.05) is 30.3 Å². The zero-order valence-corrected chi connectivity index (χ0v) is 21.4. The molecule has 2 aromatic heterocycles. The zero-order valence-electron chi connectivity index (χ0n) is 21.4. The summed E-state index contributed by atoms with van der Waals surface area (Å²) in [5, 5.41) is 12.1. The molecule has 0 radical (unpaired) electrons. The molecule has 1 aliphatic heterocycles. The number of anilines is 3. The van der Waals surface area contributed by atoms with Gasteiger partial charge in [0, 0.05) is 55.5 Å². The summed E-state index contributed by atoms with van der Waals surface area (Å²) in [4.78, 5) is 22.0. The Morgan fingerprint density at radius 1 is 0.973 bits per heavy atom. The van der Waals surface area contributed by atoms with Crippen molar-refractivity contribution in [2.75, 3.05) is 41.3 Å². The second-order valence-corrected chi connectivity index (χ2v) is 9.23. The summed E-state index contributed by atoms with van der Waals surface area (Å²) in [5.41, 5.74) is 3.02. The van der Waals surface area contributed by atoms with Crippen molar-refractivity contribution < 1.29 is 4.79 Å². The zero-order chi connectivity index (χ0) is 25.6. The minimum atomic E-state index is -0.101. The fourth-order valence-electron chi connectivity index (χ4n) is 4.89. The molecule has 2 aromatic carbocycles. The molecule has 1 saturated heterocycles. The second-order valence-electron chi connectivity index (χ2n) is 9.23. The summed E-state index contributed by atoms with van der Waals surface area (Å²) in [6.07, 6.45) is 5.45. The highest BCUT2D eigenvalue weighted by Crippen LogP contribution is 2.25. The fraction of sp³-hybridized carbons (Fsp3) is 0.310. The van der Waals surface area contributed by atoms with Gasteiger partial charge in [0.15, 0.2) is 11.6 Å². The van der Waals surface area contributed by atoms with E-state index in [1.165, 1.54) is 5.69 Å². The fourth-order valence-corrected chi connectivity index (χ4v) is 4.89. The maximum Gasteiger partial charge on any atom is 0.229 e. The minimum Gasteiger partial charge on any atom is -0.372 e. The van der Waals surface area contributed by atoms with Crippen molar-refractivity contribution in [3.8, 4) is 17.2 Å². The summed E-state index contributed by atoms with van der Waals surface area (Å²) < 4.78 is 1.93. The van der Waals surface area contributed by atoms with Crippen molar-refractivity contribution in [2.45, 2.75) is 26.7 Å². The standard InChI is InChI=1S/C29H33N7O/c1-3-34(4-2)25-14-12-24(13-15-25)31-29(37)23-11-8-19-35(21-23)26-16-17-27(33-32-26)36-20-18-30-28(36)22-9-6-5-7-10-22/h5-7,9-10,12-18,20,23H,3-4,8,11,19,21H2,1-2H3,(H,31,37). The molecule has 0 saturated carbocycles. The third-order valence-electron chi connectivity index (χ3n) is 6.94. The number of benzene rings is 2. The van der Waals surface area contributed by atoms with E-state index in [1.54, 1.807) is 6.20 Å². The van der Waals surface area contributed by atoms with Crippen LogP contribution in [0.3, 0.4) is 0 Å². The molecule has 3 heterocycles. The second kappa shape index (κ2) is 11.2. The average Bonchev–Trinajstić information content (AvgIpc) is 3.45. The van der Waals surface area contributed by atoms with Crippen LogP contribution in [0.15, 0.2) is 79.1 Å². The van der Waals surface area contributed by atoms with Crippen molar-refractivity contribution in [3.63, 3.8) is 0 Å². The van der Waals surface area contributed by atoms with Crippen LogP contribution < -0.4 is 15.1 Å². The highest BCUT2D eigenvalue weighted by molar-refractivity contribution is 5.93. The van der Waals surface area contributed by atoms with Crippen LogP contribution in [0.5, 0.6) is 0 Å². The molecule has 0 bridgehead atoms. The number of piperidine rings is 1. The van der Waals surface area contributed by atoms with Gasteiger partial charge in [-0.2, -0.15) is 0 Å². The Hall–Kier alpha value is -4.20. The number of carbonyl (C=O) groups is 1. The van der Waals surface area contributed by atoms with Crippen LogP contribution in [-0.2, 0) is 4.79 Å². The van der Waals surface area contributed by atoms with Crippen LogP contribution >= 0.6 is 0 Å². The molecule has 1 unspecified atom stereocenters. The van der Waals surface area contributed by atoms with Gasteiger partial charge < -0.3 is 15.1 Å². The summed E-state index contributed by atoms with van der Waals surface area (Å²) in [7, 11) is 0. The van der Waals surface area contributed by atoms with E-state index in [0.29, 0.717) is 12.4 Å². The highest BCUT2D eigenvalue weighted by Gasteiger charge is 2.27. The van der Waals surface area contributed by atoms with Gasteiger partial charge in [-0.3, -0.25) is 9.36 Å². The number of imidazole rings is 1. The molecule has 5 rings (SSSR count). The number of nitrogens with one attached hydrogen (secondary N) is 1. The van der Waals surface area contributed by atoms with E-state index in [0.717, 1.165) is 55.4 Å². The first-order chi connectivity index (χ1) is 18.2. The van der Waals surface area contributed by atoms with E-state index >= 15 is 0 Å². The number of carbonyl (C=O) groups excluding carboxylic acids is 1. The number of hydrogen-bond acceptors (Lipinski definition) is 6. The van der Waals surface area contributed by atoms with Gasteiger partial charge in [-0.15, -0.1) is 10.2 Å². The Morgan fingerprint density at radius 3 is 2.41 bits per heavy atom. The molecule has 37 heavy (non-hydrogen) atoms. The summed E-state index contributed by atoms with van der Waals surface area (Å²) >= 11 is 0. The average molecular weight is 496 g/mol. The molecular formula is C29H33N7O. The third kappa shape index (κ3) is 5.48. The van der Waals surface area contributed by atoms with Gasteiger partial charge in [0.25, 0.3) is 0 Å². The van der Waals surface area contributed by atoms with E-state index in [9.17, 15) is 4.79 Å². The SMILES string of the molecule is CCN(CC)c1ccc(NC(=O)C2CCCN(c3ccc(-n4ccnc4-c4ccccc4)nn3)C2)cc1. The molecule has 8 nitrogen and oxygen atoms in total. The monoisotopic (exact) mass is 495 g/mol. The topological polar surface area (TPSA) is 79.2 Å². The molecule has 190 valence electrons. The highest BCUT2D eigenvalue weighted by atomic mass is 16.1. The summed E-state index contributed by atoms with van der Waals surface area (Å²) in [5.74, 6) is 2.26. The maximum atomic E-state index is 13.1. The van der Waals surface area contributed by atoms with Crippen molar-refractivity contribution in [1.82, 2.24) is 19.7 Å². The van der Waals surface area contributed by atoms with E-state index in [-0.39, 0.29) is 11.8 Å². The van der Waals surface area contributed by atoms with Crippen LogP contribution in [0, 0.1) is 5.92 Å². The quantitative estimate of drug-likeness (QED) is 0.369. The lowest BCUT2D eigenvalue weighted by Crippen LogP contribution is -2.41. The molecule has 0 aliphatic carbocycles. The number of hydrogen-bond donors (Lipinski definition) is 1. The van der Waals surface area contributed by atoms with Gasteiger partial charge in [0.1, 0.15) is 5.82 Å². The Kier molecular flexibility index (Phi) is 7.44. The number of amides is 1. The molecule has 0 spiro atoms. The first-order valence-corrected chi connectivity index (χ1v) is 13.0. The number of aromatic nitrogens is 4. The molecule has 1 N–H and O–H groups in total. The minimum absolute atomic E-state index is 0.0517. The van der Waals surface area contributed by atoms with Gasteiger partial charge in [-0.05, 0) is 63.1 Å². The lowest BCUT2D eigenvalue weighted by molar-refractivity contribution is -0.120. The van der Waals surface area contributed by atoms with E-state index in [4.69, 9.17) is 0 Å². The first kappa shape index (κ1) is 24.5. The van der Waals surface area contributed by atoms with Crippen LogP contribution in [0.25, 0.3) is 17.2 Å². The predicted octanol–water partition coefficient (Wildman–Crippen LogP) is 5.03. The molecule has 4 aromatic rings. The van der Waals surface area contributed by atoms with Crippen molar-refractivity contribution in [2.24, 2.45) is 5.92 Å². The predicted molar refractivity (Wildman–Crippen MR) is 148 cm³/mol. The Bertz CT molecular complexity index is 1300. The molecular weight excluding hydrogens is 462 g/mol. The van der Waals surface area contributed by atoms with Crippen LogP contribution in [0.2, 0.25) is 0 Å². The smallest absolute Gasteiger partial charge is 0.229 e. The Morgan fingerprint density at radius 2 is 1.70 bits per heavy atom. The van der Waals surface area contributed by atoms with Gasteiger partial charge in [-0.25, -0.2) is 4.98 Å². The molecule has 1 atom stereocenters. The lowest BCUT2D eigenvalue weighted by atomic mass is 9.97. The summed E-state index contributed by atoms with van der Waals surface area (Å²) in [6, 6.07) is 22.1. The van der Waals surface area contributed by atoms with Crippen molar-refractivity contribution in [3.05, 3.63) is 79.1 Å². The van der Waals surface area contributed by atoms with E-state index in [1.807, 2.05) is 65.4 Å². The van der Waals surface area contributed by atoms with Gasteiger partial charge in [0.05, 0.1) is 5.92 Å². The van der Waals surface area contributed by atoms with Crippen LogP contribution in [-0.4, -0.2) is 51.8 Å². The molecule has 8 heteroatoms. The lowest BCUT2D eigenvalue weighted by Gasteiger charge is -2.32. The van der Waals surface area contributed by atoms with E-state index in [2.05, 4.69) is 56.3 Å².